The van der Waals surface area contributed by atoms with Crippen molar-refractivity contribution in [2.45, 2.75) is 25.3 Å². The van der Waals surface area contributed by atoms with Crippen LogP contribution < -0.4 is 5.32 Å². The molecule has 11 rings (SSSR count). The predicted molar refractivity (Wildman–Crippen MR) is 232 cm³/mol. The lowest BCUT2D eigenvalue weighted by atomic mass is 9.79. The molecule has 2 heteroatoms. The minimum Gasteiger partial charge on any atom is -0.379 e. The summed E-state index contributed by atoms with van der Waals surface area (Å²) in [5.74, 6) is 0. The number of nitrogens with zero attached hydrogens (tertiary/aromatic N) is 1. The zero-order valence-electron chi connectivity index (χ0n) is 30.8. The highest BCUT2D eigenvalue weighted by atomic mass is 14.9. The molecule has 0 spiro atoms. The van der Waals surface area contributed by atoms with Gasteiger partial charge in [-0.15, -0.1) is 0 Å². The molecule has 55 heavy (non-hydrogen) atoms. The second kappa shape index (κ2) is 12.1. The Morgan fingerprint density at radius 3 is 1.69 bits per heavy atom. The van der Waals surface area contributed by atoms with E-state index in [2.05, 4.69) is 188 Å². The van der Waals surface area contributed by atoms with Crippen LogP contribution >= 0.6 is 0 Å². The summed E-state index contributed by atoms with van der Waals surface area (Å²) in [7, 11) is 0. The third-order valence-corrected chi connectivity index (χ3v) is 12.1. The number of hydrogen-bond donors (Lipinski definition) is 1. The van der Waals surface area contributed by atoms with Crippen molar-refractivity contribution < 1.29 is 0 Å². The highest BCUT2D eigenvalue weighted by molar-refractivity contribution is 6.23. The zero-order valence-corrected chi connectivity index (χ0v) is 30.8. The van der Waals surface area contributed by atoms with Gasteiger partial charge in [0.05, 0.1) is 11.7 Å². The van der Waals surface area contributed by atoms with Crippen molar-refractivity contribution in [3.63, 3.8) is 0 Å². The SMILES string of the molecule is CC1(C)c2ccc(C3=CNC(c4ccccn4)C=C3)cc2-c2cc3c(-c4ccc5ccccc5c4)c4ccccc4c(-c4ccc5ccccc5c4)c3cc21. The van der Waals surface area contributed by atoms with Gasteiger partial charge in [0.1, 0.15) is 0 Å². The first-order valence-electron chi connectivity index (χ1n) is 19.2. The van der Waals surface area contributed by atoms with Crippen molar-refractivity contribution in [2.75, 3.05) is 0 Å². The molecular formula is C53H38N2. The Morgan fingerprint density at radius 1 is 0.491 bits per heavy atom. The number of aromatic nitrogens is 1. The molecule has 1 aromatic heterocycles. The first-order valence-corrected chi connectivity index (χ1v) is 19.2. The van der Waals surface area contributed by atoms with E-state index in [1.54, 1.807) is 0 Å². The average Bonchev–Trinajstić information content (AvgIpc) is 3.46. The molecule has 1 atom stereocenters. The first-order chi connectivity index (χ1) is 27.0. The summed E-state index contributed by atoms with van der Waals surface area (Å²) in [5, 5.41) is 13.7. The third kappa shape index (κ3) is 4.98. The van der Waals surface area contributed by atoms with E-state index >= 15 is 0 Å². The molecule has 8 aromatic carbocycles. The summed E-state index contributed by atoms with van der Waals surface area (Å²) in [6, 6.07) is 58.6. The Bertz CT molecular complexity index is 3090. The Hall–Kier alpha value is -6.77. The van der Waals surface area contributed by atoms with Crippen LogP contribution in [0.5, 0.6) is 0 Å². The maximum Gasteiger partial charge on any atom is 0.0868 e. The molecule has 2 heterocycles. The number of allylic oxidation sites excluding steroid dienone is 2. The fourth-order valence-electron chi connectivity index (χ4n) is 9.32. The van der Waals surface area contributed by atoms with E-state index in [9.17, 15) is 0 Å². The Kier molecular flexibility index (Phi) is 7.00. The van der Waals surface area contributed by atoms with E-state index in [-0.39, 0.29) is 11.5 Å². The molecular weight excluding hydrogens is 665 g/mol. The van der Waals surface area contributed by atoms with Gasteiger partial charge in [-0.2, -0.15) is 0 Å². The summed E-state index contributed by atoms with van der Waals surface area (Å²) < 4.78 is 0. The van der Waals surface area contributed by atoms with Gasteiger partial charge in [-0.1, -0.05) is 141 Å². The smallest absolute Gasteiger partial charge is 0.0868 e. The largest absolute Gasteiger partial charge is 0.379 e. The number of rotatable bonds is 4. The molecule has 0 amide bonds. The normalized spacial score (nSPS) is 15.6. The minimum absolute atomic E-state index is 0.0607. The third-order valence-electron chi connectivity index (χ3n) is 12.1. The molecule has 0 saturated heterocycles. The lowest BCUT2D eigenvalue weighted by Crippen LogP contribution is -2.17. The summed E-state index contributed by atoms with van der Waals surface area (Å²) >= 11 is 0. The monoisotopic (exact) mass is 702 g/mol. The van der Waals surface area contributed by atoms with Crippen LogP contribution in [0.4, 0.5) is 0 Å². The highest BCUT2D eigenvalue weighted by Crippen LogP contribution is 2.54. The van der Waals surface area contributed by atoms with Crippen molar-refractivity contribution >= 4 is 48.7 Å². The van der Waals surface area contributed by atoms with Crippen LogP contribution in [0.15, 0.2) is 182 Å². The van der Waals surface area contributed by atoms with Crippen LogP contribution in [0.3, 0.4) is 0 Å². The summed E-state index contributed by atoms with van der Waals surface area (Å²) in [4.78, 5) is 4.57. The van der Waals surface area contributed by atoms with E-state index < -0.39 is 0 Å². The molecule has 0 fully saturated rings. The molecule has 0 radical (unpaired) electrons. The molecule has 1 unspecified atom stereocenters. The van der Waals surface area contributed by atoms with Crippen molar-refractivity contribution in [3.8, 4) is 33.4 Å². The predicted octanol–water partition coefficient (Wildman–Crippen LogP) is 13.6. The minimum atomic E-state index is -0.175. The van der Waals surface area contributed by atoms with Gasteiger partial charge in [0.25, 0.3) is 0 Å². The van der Waals surface area contributed by atoms with Crippen LogP contribution in [0.2, 0.25) is 0 Å². The molecule has 1 N–H and O–H groups in total. The quantitative estimate of drug-likeness (QED) is 0.185. The second-order valence-corrected chi connectivity index (χ2v) is 15.6. The number of fused-ring (bicyclic) bond motifs is 7. The topological polar surface area (TPSA) is 24.9 Å². The van der Waals surface area contributed by atoms with E-state index in [0.717, 1.165) is 5.69 Å². The zero-order chi connectivity index (χ0) is 36.7. The van der Waals surface area contributed by atoms with Crippen molar-refractivity contribution in [2.24, 2.45) is 0 Å². The molecule has 0 bridgehead atoms. The van der Waals surface area contributed by atoms with Gasteiger partial charge in [-0.3, -0.25) is 4.98 Å². The molecule has 2 aliphatic rings. The standard InChI is InChI=1S/C53H38N2/c1-53(2)47-24-22-37(40-23-25-50(55-32-40)49-17-9-10-26-54-49)29-43(47)44-30-45-46(31-48(44)53)52(39-21-19-34-12-4-6-14-36(34)28-39)42-16-8-7-15-41(42)51(45)38-20-18-33-11-3-5-13-35(33)27-38/h3-32,50,55H,1-2H3. The number of dihydropyridines is 1. The average molecular weight is 703 g/mol. The van der Waals surface area contributed by atoms with Gasteiger partial charge in [-0.05, 0) is 141 Å². The maximum atomic E-state index is 4.57. The Labute approximate surface area is 321 Å². The summed E-state index contributed by atoms with van der Waals surface area (Å²) in [6.45, 7) is 4.78. The van der Waals surface area contributed by atoms with E-state index in [1.165, 1.54) is 98.7 Å². The lowest BCUT2D eigenvalue weighted by Gasteiger charge is -2.24. The molecule has 260 valence electrons. The van der Waals surface area contributed by atoms with Crippen LogP contribution in [0.25, 0.3) is 82.0 Å². The van der Waals surface area contributed by atoms with E-state index in [4.69, 9.17) is 0 Å². The Morgan fingerprint density at radius 2 is 1.07 bits per heavy atom. The molecule has 9 aromatic rings. The molecule has 1 aliphatic heterocycles. The van der Waals surface area contributed by atoms with E-state index in [1.807, 2.05) is 18.3 Å². The van der Waals surface area contributed by atoms with Gasteiger partial charge in [0, 0.05) is 17.8 Å². The van der Waals surface area contributed by atoms with Crippen LogP contribution in [-0.4, -0.2) is 4.98 Å². The molecule has 0 saturated carbocycles. The fourth-order valence-corrected chi connectivity index (χ4v) is 9.32. The van der Waals surface area contributed by atoms with Gasteiger partial charge in [-0.25, -0.2) is 0 Å². The summed E-state index contributed by atoms with van der Waals surface area (Å²) in [6.07, 6.45) is 8.44. The van der Waals surface area contributed by atoms with Crippen LogP contribution in [0, 0.1) is 0 Å². The maximum absolute atomic E-state index is 4.57. The van der Waals surface area contributed by atoms with Gasteiger partial charge in [0.15, 0.2) is 0 Å². The number of pyridine rings is 1. The lowest BCUT2D eigenvalue weighted by molar-refractivity contribution is 0.661. The fraction of sp³-hybridized carbons (Fsp3) is 0.0755. The second-order valence-electron chi connectivity index (χ2n) is 15.6. The van der Waals surface area contributed by atoms with E-state index in [0.29, 0.717) is 0 Å². The molecule has 2 nitrogen and oxygen atoms in total. The highest BCUT2D eigenvalue weighted by Gasteiger charge is 2.37. The van der Waals surface area contributed by atoms with Crippen molar-refractivity contribution in [3.05, 3.63) is 205 Å². The Balaban J connectivity index is 1.17. The van der Waals surface area contributed by atoms with Gasteiger partial charge in [0.2, 0.25) is 0 Å². The van der Waals surface area contributed by atoms with Crippen LogP contribution in [-0.2, 0) is 5.41 Å². The van der Waals surface area contributed by atoms with Crippen LogP contribution in [0.1, 0.15) is 42.3 Å². The van der Waals surface area contributed by atoms with Gasteiger partial charge >= 0.3 is 0 Å². The van der Waals surface area contributed by atoms with Crippen molar-refractivity contribution in [1.82, 2.24) is 10.3 Å². The molecule has 1 aliphatic carbocycles. The first kappa shape index (κ1) is 31.7. The number of benzene rings is 8. The number of hydrogen-bond acceptors (Lipinski definition) is 2. The van der Waals surface area contributed by atoms with Crippen molar-refractivity contribution in [1.29, 1.82) is 0 Å². The number of nitrogens with one attached hydrogen (secondary N) is 1. The van der Waals surface area contributed by atoms with Gasteiger partial charge < -0.3 is 5.32 Å². The summed E-state index contributed by atoms with van der Waals surface area (Å²) in [5.41, 5.74) is 13.6.